The first-order chi connectivity index (χ1) is 15.0. The van der Waals surface area contributed by atoms with Gasteiger partial charge < -0.3 is 24.3 Å². The van der Waals surface area contributed by atoms with Crippen LogP contribution in [0.2, 0.25) is 0 Å². The van der Waals surface area contributed by atoms with Gasteiger partial charge in [-0.05, 0) is 44.4 Å². The highest BCUT2D eigenvalue weighted by atomic mass is 16.5. The lowest BCUT2D eigenvalue weighted by atomic mass is 9.97. The first-order valence-electron chi connectivity index (χ1n) is 10.7. The molecule has 9 nitrogen and oxygen atoms in total. The maximum absolute atomic E-state index is 12.1. The second kappa shape index (κ2) is 10.8. The van der Waals surface area contributed by atoms with Crippen LogP contribution in [-0.2, 0) is 29.7 Å². The quantitative estimate of drug-likeness (QED) is 0.410. The largest absolute Gasteiger partial charge is 0.497 e. The van der Waals surface area contributed by atoms with Crippen molar-refractivity contribution in [1.29, 1.82) is 0 Å². The fraction of sp³-hybridized carbons (Fsp3) is 0.545. The predicted molar refractivity (Wildman–Crippen MR) is 118 cm³/mol. The average Bonchev–Trinajstić information content (AvgIpc) is 3.12. The van der Waals surface area contributed by atoms with Gasteiger partial charge in [0.1, 0.15) is 11.6 Å². The molecule has 0 aliphatic carbocycles. The van der Waals surface area contributed by atoms with Crippen molar-refractivity contribution in [3.05, 3.63) is 41.5 Å². The lowest BCUT2D eigenvalue weighted by molar-refractivity contribution is -0.149. The van der Waals surface area contributed by atoms with Crippen LogP contribution in [-0.4, -0.2) is 58.4 Å². The van der Waals surface area contributed by atoms with E-state index in [9.17, 15) is 4.79 Å². The Kier molecular flexibility index (Phi) is 7.86. The van der Waals surface area contributed by atoms with Gasteiger partial charge in [0.05, 0.1) is 32.7 Å². The smallest absolute Gasteiger partial charge is 0.309 e. The van der Waals surface area contributed by atoms with E-state index < -0.39 is 0 Å². The maximum atomic E-state index is 12.1. The summed E-state index contributed by atoms with van der Waals surface area (Å²) < 4.78 is 12.4. The molecule has 0 amide bonds. The highest BCUT2D eigenvalue weighted by Gasteiger charge is 2.27. The van der Waals surface area contributed by atoms with Gasteiger partial charge in [-0.1, -0.05) is 12.1 Å². The molecule has 0 unspecified atom stereocenters. The summed E-state index contributed by atoms with van der Waals surface area (Å²) >= 11 is 0. The van der Waals surface area contributed by atoms with E-state index in [0.29, 0.717) is 19.7 Å². The van der Waals surface area contributed by atoms with Crippen molar-refractivity contribution < 1.29 is 14.3 Å². The fourth-order valence-electron chi connectivity index (χ4n) is 3.51. The number of hydrogen-bond acceptors (Lipinski definition) is 6. The first-order valence-corrected chi connectivity index (χ1v) is 10.7. The van der Waals surface area contributed by atoms with Crippen LogP contribution in [0.15, 0.2) is 29.3 Å². The van der Waals surface area contributed by atoms with Crippen LogP contribution in [0.1, 0.15) is 37.0 Å². The number of carbonyl (C=O) groups is 1. The number of aryl methyl sites for hydroxylation is 1. The molecule has 0 saturated carbocycles. The summed E-state index contributed by atoms with van der Waals surface area (Å²) in [5.74, 6) is 3.20. The molecule has 1 fully saturated rings. The zero-order valence-electron chi connectivity index (χ0n) is 18.8. The number of nitrogens with one attached hydrogen (secondary N) is 1. The Bertz CT molecular complexity index is 885. The van der Waals surface area contributed by atoms with E-state index in [1.807, 2.05) is 49.7 Å². The molecule has 0 atom stereocenters. The number of guanidine groups is 1. The number of benzene rings is 1. The van der Waals surface area contributed by atoms with Gasteiger partial charge in [0.15, 0.2) is 11.8 Å². The maximum Gasteiger partial charge on any atom is 0.309 e. The van der Waals surface area contributed by atoms with Crippen molar-refractivity contribution in [1.82, 2.24) is 25.0 Å². The highest BCUT2D eigenvalue weighted by Crippen LogP contribution is 2.19. The molecule has 0 bridgehead atoms. The zero-order valence-corrected chi connectivity index (χ0v) is 18.8. The Morgan fingerprint density at radius 3 is 2.52 bits per heavy atom. The Morgan fingerprint density at radius 2 is 1.94 bits per heavy atom. The van der Waals surface area contributed by atoms with E-state index in [4.69, 9.17) is 14.5 Å². The summed E-state index contributed by atoms with van der Waals surface area (Å²) in [7, 11) is 3.61. The molecule has 1 N–H and O–H groups in total. The SMILES string of the molecule is CCOC(=O)C1CCN(C(=NCc2ccc(OC)cc2)NCc2nnc(C)n2C)CC1. The summed E-state index contributed by atoms with van der Waals surface area (Å²) in [6.45, 7) is 6.75. The molecule has 1 aromatic carbocycles. The summed E-state index contributed by atoms with van der Waals surface area (Å²) in [5.41, 5.74) is 1.09. The molecule has 1 aliphatic heterocycles. The van der Waals surface area contributed by atoms with Gasteiger partial charge in [0.25, 0.3) is 0 Å². The molecule has 2 heterocycles. The van der Waals surface area contributed by atoms with E-state index in [0.717, 1.165) is 54.9 Å². The number of nitrogens with zero attached hydrogens (tertiary/aromatic N) is 5. The number of ether oxygens (including phenoxy) is 2. The van der Waals surface area contributed by atoms with Gasteiger partial charge in [-0.25, -0.2) is 4.99 Å². The van der Waals surface area contributed by atoms with Crippen molar-refractivity contribution in [2.24, 2.45) is 18.0 Å². The normalized spacial score (nSPS) is 15.1. The van der Waals surface area contributed by atoms with Crippen molar-refractivity contribution in [3.8, 4) is 5.75 Å². The van der Waals surface area contributed by atoms with Crippen LogP contribution in [0.4, 0.5) is 0 Å². The van der Waals surface area contributed by atoms with Crippen molar-refractivity contribution in [2.75, 3.05) is 26.8 Å². The molecular weight excluding hydrogens is 396 g/mol. The van der Waals surface area contributed by atoms with Gasteiger partial charge >= 0.3 is 5.97 Å². The second-order valence-electron chi connectivity index (χ2n) is 7.58. The van der Waals surface area contributed by atoms with Gasteiger partial charge in [-0.2, -0.15) is 0 Å². The third-order valence-electron chi connectivity index (χ3n) is 5.57. The Labute approximate surface area is 183 Å². The van der Waals surface area contributed by atoms with Crippen molar-refractivity contribution >= 4 is 11.9 Å². The van der Waals surface area contributed by atoms with Crippen molar-refractivity contribution in [3.63, 3.8) is 0 Å². The van der Waals surface area contributed by atoms with Gasteiger partial charge in [0, 0.05) is 20.1 Å². The predicted octanol–water partition coefficient (Wildman–Crippen LogP) is 2.05. The highest BCUT2D eigenvalue weighted by molar-refractivity contribution is 5.80. The molecule has 31 heavy (non-hydrogen) atoms. The Balaban J connectivity index is 1.69. The molecule has 168 valence electrons. The second-order valence-corrected chi connectivity index (χ2v) is 7.58. The molecule has 9 heteroatoms. The van der Waals surface area contributed by atoms with Gasteiger partial charge in [0.2, 0.25) is 0 Å². The summed E-state index contributed by atoms with van der Waals surface area (Å²) in [6, 6.07) is 7.90. The minimum Gasteiger partial charge on any atom is -0.497 e. The lowest BCUT2D eigenvalue weighted by Crippen LogP contribution is -2.46. The first kappa shape index (κ1) is 22.6. The van der Waals surface area contributed by atoms with Gasteiger partial charge in [-0.3, -0.25) is 4.79 Å². The molecule has 2 aromatic rings. The summed E-state index contributed by atoms with van der Waals surface area (Å²) in [4.78, 5) is 19.1. The number of carbonyl (C=O) groups excluding carboxylic acids is 1. The van der Waals surface area contributed by atoms with Crippen LogP contribution in [0.5, 0.6) is 5.75 Å². The lowest BCUT2D eigenvalue weighted by Gasteiger charge is -2.33. The molecule has 1 aliphatic rings. The standard InChI is InChI=1S/C22H32N6O3/c1-5-31-21(29)18-10-12-28(13-11-18)22(24-15-20-26-25-16(2)27(20)3)23-14-17-6-8-19(30-4)9-7-17/h6-9,18H,5,10-15H2,1-4H3,(H,23,24). The number of esters is 1. The average molecular weight is 429 g/mol. The van der Waals surface area contributed by atoms with Crippen LogP contribution in [0, 0.1) is 12.8 Å². The number of rotatable bonds is 7. The minimum absolute atomic E-state index is 0.0413. The van der Waals surface area contributed by atoms with E-state index in [-0.39, 0.29) is 11.9 Å². The number of hydrogen-bond donors (Lipinski definition) is 1. The Morgan fingerprint density at radius 1 is 1.23 bits per heavy atom. The number of aliphatic imine (C=N–C) groups is 1. The monoisotopic (exact) mass is 428 g/mol. The molecule has 1 saturated heterocycles. The van der Waals surface area contributed by atoms with Crippen LogP contribution in [0.3, 0.4) is 0 Å². The van der Waals surface area contributed by atoms with E-state index >= 15 is 0 Å². The molecule has 3 rings (SSSR count). The third-order valence-corrected chi connectivity index (χ3v) is 5.57. The van der Waals surface area contributed by atoms with Crippen LogP contribution < -0.4 is 10.1 Å². The van der Waals surface area contributed by atoms with Crippen LogP contribution in [0.25, 0.3) is 0 Å². The molecule has 0 spiro atoms. The number of methoxy groups -OCH3 is 1. The van der Waals surface area contributed by atoms with E-state index in [2.05, 4.69) is 20.4 Å². The number of aromatic nitrogens is 3. The fourth-order valence-corrected chi connectivity index (χ4v) is 3.51. The summed E-state index contributed by atoms with van der Waals surface area (Å²) in [5, 5.41) is 11.8. The number of likely N-dealkylation sites (tertiary alicyclic amines) is 1. The zero-order chi connectivity index (χ0) is 22.2. The minimum atomic E-state index is -0.0959. The third kappa shape index (κ3) is 5.96. The van der Waals surface area contributed by atoms with Gasteiger partial charge in [-0.15, -0.1) is 10.2 Å². The molecule has 0 radical (unpaired) electrons. The Hall–Kier alpha value is -3.10. The van der Waals surface area contributed by atoms with E-state index in [1.54, 1.807) is 7.11 Å². The molecular formula is C22H32N6O3. The topological polar surface area (TPSA) is 93.9 Å². The van der Waals surface area contributed by atoms with E-state index in [1.165, 1.54) is 0 Å². The van der Waals surface area contributed by atoms with Crippen LogP contribution >= 0.6 is 0 Å². The van der Waals surface area contributed by atoms with Crippen molar-refractivity contribution in [2.45, 2.75) is 39.8 Å². The molecule has 1 aromatic heterocycles. The number of piperidine rings is 1. The summed E-state index contributed by atoms with van der Waals surface area (Å²) in [6.07, 6.45) is 1.51.